The molecule has 0 aliphatic rings. The number of hydrogen-bond acceptors (Lipinski definition) is 3. The van der Waals surface area contributed by atoms with Crippen molar-refractivity contribution in [2.75, 3.05) is 5.88 Å². The van der Waals surface area contributed by atoms with Crippen molar-refractivity contribution >= 4 is 22.6 Å². The number of halogens is 1. The zero-order valence-corrected chi connectivity index (χ0v) is 12.3. The number of hydrogen-bond donors (Lipinski definition) is 0. The first-order chi connectivity index (χ1) is 9.67. The molecule has 6 heteroatoms. The fraction of sp³-hybridized carbons (Fsp3) is 0.357. The highest BCUT2D eigenvalue weighted by Gasteiger charge is 2.12. The van der Waals surface area contributed by atoms with E-state index in [9.17, 15) is 0 Å². The molecule has 0 spiro atoms. The van der Waals surface area contributed by atoms with Crippen molar-refractivity contribution < 1.29 is 0 Å². The maximum absolute atomic E-state index is 5.89. The van der Waals surface area contributed by atoms with E-state index in [1.165, 1.54) is 5.56 Å². The normalized spacial score (nSPS) is 11.3. The third-order valence-corrected chi connectivity index (χ3v) is 3.44. The SMILES string of the molecule is Cc1ccc2nc(CCCl)n(Cc3ncn(C)n3)c2c1. The lowest BCUT2D eigenvalue weighted by Crippen LogP contribution is -2.07. The Bertz CT molecular complexity index is 743. The first-order valence-corrected chi connectivity index (χ1v) is 7.07. The van der Waals surface area contributed by atoms with E-state index in [4.69, 9.17) is 11.6 Å². The van der Waals surface area contributed by atoms with Crippen molar-refractivity contribution in [3.63, 3.8) is 0 Å². The third kappa shape index (κ3) is 2.41. The van der Waals surface area contributed by atoms with Crippen molar-refractivity contribution in [1.82, 2.24) is 24.3 Å². The number of alkyl halides is 1. The van der Waals surface area contributed by atoms with Crippen LogP contribution >= 0.6 is 11.6 Å². The van der Waals surface area contributed by atoms with Gasteiger partial charge in [0, 0.05) is 19.3 Å². The molecule has 1 aromatic carbocycles. The van der Waals surface area contributed by atoms with Gasteiger partial charge in [0.25, 0.3) is 0 Å². The van der Waals surface area contributed by atoms with Crippen LogP contribution in [0.3, 0.4) is 0 Å². The number of aryl methyl sites for hydroxylation is 3. The highest BCUT2D eigenvalue weighted by molar-refractivity contribution is 6.17. The van der Waals surface area contributed by atoms with E-state index in [-0.39, 0.29) is 0 Å². The Morgan fingerprint density at radius 2 is 2.15 bits per heavy atom. The Hall–Kier alpha value is -1.88. The second kappa shape index (κ2) is 5.25. The molecule has 0 radical (unpaired) electrons. The lowest BCUT2D eigenvalue weighted by Gasteiger charge is -2.06. The fourth-order valence-corrected chi connectivity index (χ4v) is 2.50. The summed E-state index contributed by atoms with van der Waals surface area (Å²) in [5.41, 5.74) is 3.31. The first-order valence-electron chi connectivity index (χ1n) is 6.53. The van der Waals surface area contributed by atoms with Crippen LogP contribution in [0.4, 0.5) is 0 Å². The molecule has 0 bridgehead atoms. The number of benzene rings is 1. The van der Waals surface area contributed by atoms with Gasteiger partial charge in [-0.1, -0.05) is 6.07 Å². The molecule has 0 N–H and O–H groups in total. The number of imidazole rings is 1. The Morgan fingerprint density at radius 1 is 1.30 bits per heavy atom. The van der Waals surface area contributed by atoms with E-state index in [0.717, 1.165) is 29.1 Å². The zero-order valence-electron chi connectivity index (χ0n) is 11.5. The molecular weight excluding hydrogens is 274 g/mol. The minimum Gasteiger partial charge on any atom is -0.320 e. The van der Waals surface area contributed by atoms with Crippen LogP contribution in [0.15, 0.2) is 24.5 Å². The Labute approximate surface area is 122 Å². The van der Waals surface area contributed by atoms with E-state index in [2.05, 4.69) is 38.7 Å². The van der Waals surface area contributed by atoms with Crippen molar-refractivity contribution in [1.29, 1.82) is 0 Å². The van der Waals surface area contributed by atoms with E-state index in [1.54, 1.807) is 11.0 Å². The molecule has 0 fully saturated rings. The smallest absolute Gasteiger partial charge is 0.170 e. The van der Waals surface area contributed by atoms with Crippen LogP contribution in [0.2, 0.25) is 0 Å². The molecule has 2 aromatic heterocycles. The molecule has 0 atom stereocenters. The minimum atomic E-state index is 0.554. The van der Waals surface area contributed by atoms with Crippen molar-refractivity contribution in [2.45, 2.75) is 19.9 Å². The predicted octanol–water partition coefficient (Wildman–Crippen LogP) is 2.30. The van der Waals surface area contributed by atoms with E-state index < -0.39 is 0 Å². The van der Waals surface area contributed by atoms with Crippen LogP contribution < -0.4 is 0 Å². The average molecular weight is 290 g/mol. The number of fused-ring (bicyclic) bond motifs is 1. The monoisotopic (exact) mass is 289 g/mol. The van der Waals surface area contributed by atoms with Gasteiger partial charge in [-0.25, -0.2) is 9.97 Å². The second-order valence-corrected chi connectivity index (χ2v) is 5.26. The summed E-state index contributed by atoms with van der Waals surface area (Å²) in [6.45, 7) is 2.70. The molecule has 0 amide bonds. The number of aromatic nitrogens is 5. The van der Waals surface area contributed by atoms with Crippen LogP contribution in [0.1, 0.15) is 17.2 Å². The Balaban J connectivity index is 2.09. The van der Waals surface area contributed by atoms with Crippen LogP contribution in [0, 0.1) is 6.92 Å². The van der Waals surface area contributed by atoms with Crippen LogP contribution in [-0.4, -0.2) is 30.2 Å². The number of rotatable bonds is 4. The van der Waals surface area contributed by atoms with E-state index in [1.807, 2.05) is 13.1 Å². The minimum absolute atomic E-state index is 0.554. The molecule has 0 aliphatic heterocycles. The van der Waals surface area contributed by atoms with Gasteiger partial charge in [0.05, 0.1) is 17.6 Å². The maximum atomic E-state index is 5.89. The van der Waals surface area contributed by atoms with Crippen LogP contribution in [0.5, 0.6) is 0 Å². The largest absolute Gasteiger partial charge is 0.320 e. The summed E-state index contributed by atoms with van der Waals surface area (Å²) < 4.78 is 3.86. The van der Waals surface area contributed by atoms with Gasteiger partial charge in [0.1, 0.15) is 12.2 Å². The molecule has 20 heavy (non-hydrogen) atoms. The van der Waals surface area contributed by atoms with Gasteiger partial charge in [0.2, 0.25) is 0 Å². The summed E-state index contributed by atoms with van der Waals surface area (Å²) in [5.74, 6) is 2.31. The maximum Gasteiger partial charge on any atom is 0.170 e. The van der Waals surface area contributed by atoms with Crippen LogP contribution in [0.25, 0.3) is 11.0 Å². The first kappa shape index (κ1) is 13.1. The summed E-state index contributed by atoms with van der Waals surface area (Å²) in [6, 6.07) is 6.26. The quantitative estimate of drug-likeness (QED) is 0.693. The summed E-state index contributed by atoms with van der Waals surface area (Å²) in [6.07, 6.45) is 2.45. The molecule has 0 unspecified atom stereocenters. The molecule has 0 saturated carbocycles. The molecular formula is C14H16ClN5. The van der Waals surface area contributed by atoms with Gasteiger partial charge in [0.15, 0.2) is 5.82 Å². The fourth-order valence-electron chi connectivity index (χ4n) is 2.33. The standard InChI is InChI=1S/C14H16ClN5/c1-10-3-4-11-12(7-10)20(14(17-11)5-6-15)8-13-16-9-19(2)18-13/h3-4,7,9H,5-6,8H2,1-2H3. The molecule has 2 heterocycles. The second-order valence-electron chi connectivity index (χ2n) is 4.88. The highest BCUT2D eigenvalue weighted by atomic mass is 35.5. The van der Waals surface area contributed by atoms with Gasteiger partial charge < -0.3 is 4.57 Å². The van der Waals surface area contributed by atoms with Gasteiger partial charge in [-0.2, -0.15) is 5.10 Å². The lowest BCUT2D eigenvalue weighted by molar-refractivity contribution is 0.688. The van der Waals surface area contributed by atoms with Crippen LogP contribution in [-0.2, 0) is 20.0 Å². The van der Waals surface area contributed by atoms with Gasteiger partial charge in [-0.15, -0.1) is 11.6 Å². The van der Waals surface area contributed by atoms with Gasteiger partial charge in [-0.05, 0) is 24.6 Å². The predicted molar refractivity (Wildman–Crippen MR) is 79.0 cm³/mol. The molecule has 3 aromatic rings. The third-order valence-electron chi connectivity index (χ3n) is 3.25. The van der Waals surface area contributed by atoms with Gasteiger partial charge >= 0.3 is 0 Å². The Kier molecular flexibility index (Phi) is 3.44. The molecule has 104 valence electrons. The van der Waals surface area contributed by atoms with Crippen molar-refractivity contribution in [2.24, 2.45) is 7.05 Å². The summed E-state index contributed by atoms with van der Waals surface area (Å²) in [7, 11) is 1.87. The number of nitrogens with zero attached hydrogens (tertiary/aromatic N) is 5. The molecule has 3 rings (SSSR count). The zero-order chi connectivity index (χ0) is 14.1. The molecule has 0 saturated heterocycles. The van der Waals surface area contributed by atoms with Crippen molar-refractivity contribution in [3.8, 4) is 0 Å². The summed E-state index contributed by atoms with van der Waals surface area (Å²) >= 11 is 5.89. The van der Waals surface area contributed by atoms with E-state index >= 15 is 0 Å². The Morgan fingerprint density at radius 3 is 2.85 bits per heavy atom. The highest BCUT2D eigenvalue weighted by Crippen LogP contribution is 2.19. The summed E-state index contributed by atoms with van der Waals surface area (Å²) in [4.78, 5) is 8.95. The lowest BCUT2D eigenvalue weighted by atomic mass is 10.2. The van der Waals surface area contributed by atoms with E-state index in [0.29, 0.717) is 12.4 Å². The van der Waals surface area contributed by atoms with Gasteiger partial charge in [-0.3, -0.25) is 4.68 Å². The molecule has 0 aliphatic carbocycles. The molecule has 5 nitrogen and oxygen atoms in total. The summed E-state index contributed by atoms with van der Waals surface area (Å²) in [5, 5.41) is 4.34. The topological polar surface area (TPSA) is 48.5 Å². The average Bonchev–Trinajstić information content (AvgIpc) is 2.96. The van der Waals surface area contributed by atoms with Crippen molar-refractivity contribution in [3.05, 3.63) is 41.7 Å².